The highest BCUT2D eigenvalue weighted by molar-refractivity contribution is 9.09. The SMILES string of the molecule is CC(Br)NS(=O)(=O)c1ccccc1[N+](=O)[O-]. The zero-order chi connectivity index (χ0) is 12.3. The van der Waals surface area contributed by atoms with Gasteiger partial charge in [-0.15, -0.1) is 0 Å². The number of hydrogen-bond acceptors (Lipinski definition) is 4. The number of nitro benzene ring substituents is 1. The third kappa shape index (κ3) is 3.00. The fourth-order valence-corrected chi connectivity index (χ4v) is 3.08. The van der Waals surface area contributed by atoms with Crippen LogP contribution in [0.5, 0.6) is 0 Å². The van der Waals surface area contributed by atoms with E-state index < -0.39 is 25.6 Å². The first-order valence-corrected chi connectivity index (χ1v) is 6.64. The van der Waals surface area contributed by atoms with Crippen LogP contribution in [-0.2, 0) is 10.0 Å². The Morgan fingerprint density at radius 3 is 2.50 bits per heavy atom. The average molecular weight is 309 g/mol. The van der Waals surface area contributed by atoms with Crippen molar-refractivity contribution < 1.29 is 13.3 Å². The third-order valence-corrected chi connectivity index (χ3v) is 3.79. The van der Waals surface area contributed by atoms with E-state index in [9.17, 15) is 18.5 Å². The van der Waals surface area contributed by atoms with Crippen LogP contribution in [0.2, 0.25) is 0 Å². The Kier molecular flexibility index (Phi) is 4.00. The van der Waals surface area contributed by atoms with Crippen LogP contribution >= 0.6 is 15.9 Å². The highest BCUT2D eigenvalue weighted by atomic mass is 79.9. The first kappa shape index (κ1) is 13.1. The van der Waals surface area contributed by atoms with E-state index in [-0.39, 0.29) is 4.90 Å². The van der Waals surface area contributed by atoms with Gasteiger partial charge in [-0.1, -0.05) is 28.1 Å². The molecule has 0 saturated carbocycles. The summed E-state index contributed by atoms with van der Waals surface area (Å²) in [5, 5.41) is 10.7. The van der Waals surface area contributed by atoms with Crippen LogP contribution in [0.1, 0.15) is 6.92 Å². The van der Waals surface area contributed by atoms with Gasteiger partial charge in [-0.3, -0.25) is 10.1 Å². The zero-order valence-corrected chi connectivity index (χ0v) is 10.7. The molecule has 0 radical (unpaired) electrons. The molecule has 1 N–H and O–H groups in total. The summed E-state index contributed by atoms with van der Waals surface area (Å²) in [6, 6.07) is 5.18. The number of nitrogens with one attached hydrogen (secondary N) is 1. The van der Waals surface area contributed by atoms with Crippen LogP contribution in [0, 0.1) is 10.1 Å². The molecule has 0 saturated heterocycles. The van der Waals surface area contributed by atoms with Crippen LogP contribution in [0.25, 0.3) is 0 Å². The largest absolute Gasteiger partial charge is 0.289 e. The number of nitro groups is 1. The van der Waals surface area contributed by atoms with Crippen molar-refractivity contribution in [3.63, 3.8) is 0 Å². The molecular weight excluding hydrogens is 300 g/mol. The van der Waals surface area contributed by atoms with E-state index >= 15 is 0 Å². The van der Waals surface area contributed by atoms with Gasteiger partial charge in [0.25, 0.3) is 5.69 Å². The Balaban J connectivity index is 3.28. The molecule has 1 aromatic rings. The Morgan fingerprint density at radius 2 is 2.00 bits per heavy atom. The molecule has 0 aliphatic rings. The normalized spacial score (nSPS) is 13.4. The van der Waals surface area contributed by atoms with Crippen molar-refractivity contribution >= 4 is 31.6 Å². The average Bonchev–Trinajstić information content (AvgIpc) is 2.15. The number of benzene rings is 1. The number of halogens is 1. The van der Waals surface area contributed by atoms with E-state index in [1.807, 2.05) is 0 Å². The standard InChI is InChI=1S/C8H9BrN2O4S/c1-6(9)10-16(14,15)8-5-3-2-4-7(8)11(12)13/h2-6,10H,1H3. The molecule has 88 valence electrons. The second-order valence-corrected chi connectivity index (χ2v) is 6.02. The number of hydrogen-bond donors (Lipinski definition) is 1. The first-order valence-electron chi connectivity index (χ1n) is 4.24. The van der Waals surface area contributed by atoms with Crippen molar-refractivity contribution in [2.75, 3.05) is 0 Å². The summed E-state index contributed by atoms with van der Waals surface area (Å²) in [5.74, 6) is 0. The Labute approximate surface area is 101 Å². The molecule has 1 unspecified atom stereocenters. The molecule has 0 spiro atoms. The van der Waals surface area contributed by atoms with Gasteiger partial charge in [-0.05, 0) is 13.0 Å². The molecule has 0 aliphatic carbocycles. The van der Waals surface area contributed by atoms with Gasteiger partial charge < -0.3 is 0 Å². The molecule has 0 amide bonds. The highest BCUT2D eigenvalue weighted by Gasteiger charge is 2.25. The van der Waals surface area contributed by atoms with Crippen molar-refractivity contribution in [3.8, 4) is 0 Å². The van der Waals surface area contributed by atoms with Crippen molar-refractivity contribution in [3.05, 3.63) is 34.4 Å². The maximum absolute atomic E-state index is 11.7. The smallest absolute Gasteiger partial charge is 0.258 e. The second-order valence-electron chi connectivity index (χ2n) is 2.96. The molecule has 1 rings (SSSR count). The monoisotopic (exact) mass is 308 g/mol. The van der Waals surface area contributed by atoms with Crippen LogP contribution in [0.4, 0.5) is 5.69 Å². The lowest BCUT2D eigenvalue weighted by molar-refractivity contribution is -0.387. The minimum atomic E-state index is -3.87. The van der Waals surface area contributed by atoms with Gasteiger partial charge in [-0.25, -0.2) is 8.42 Å². The Hall–Kier alpha value is -0.990. The first-order chi connectivity index (χ1) is 7.34. The molecule has 16 heavy (non-hydrogen) atoms. The summed E-state index contributed by atoms with van der Waals surface area (Å²) in [6.07, 6.45) is 0. The van der Waals surface area contributed by atoms with E-state index in [1.165, 1.54) is 18.2 Å². The quantitative estimate of drug-likeness (QED) is 0.396. The fraction of sp³-hybridized carbons (Fsp3) is 0.250. The van der Waals surface area contributed by atoms with Gasteiger partial charge >= 0.3 is 0 Å². The van der Waals surface area contributed by atoms with E-state index in [0.29, 0.717) is 0 Å². The molecule has 1 atom stereocenters. The van der Waals surface area contributed by atoms with E-state index in [4.69, 9.17) is 0 Å². The number of nitrogens with zero attached hydrogens (tertiary/aromatic N) is 1. The lowest BCUT2D eigenvalue weighted by Gasteiger charge is -2.08. The molecule has 0 aromatic heterocycles. The van der Waals surface area contributed by atoms with Crippen molar-refractivity contribution in [2.24, 2.45) is 0 Å². The van der Waals surface area contributed by atoms with Crippen LogP contribution in [-0.4, -0.2) is 18.3 Å². The zero-order valence-electron chi connectivity index (χ0n) is 8.25. The summed E-state index contributed by atoms with van der Waals surface area (Å²) in [5.41, 5.74) is -0.442. The van der Waals surface area contributed by atoms with Gasteiger partial charge in [-0.2, -0.15) is 4.72 Å². The number of rotatable bonds is 4. The van der Waals surface area contributed by atoms with Gasteiger partial charge in [0.15, 0.2) is 4.90 Å². The minimum absolute atomic E-state index is 0.341. The molecule has 0 aliphatic heterocycles. The van der Waals surface area contributed by atoms with Crippen LogP contribution in [0.3, 0.4) is 0 Å². The summed E-state index contributed by atoms with van der Waals surface area (Å²) < 4.78 is 25.7. The lowest BCUT2D eigenvalue weighted by Crippen LogP contribution is -2.28. The maximum Gasteiger partial charge on any atom is 0.289 e. The van der Waals surface area contributed by atoms with Crippen LogP contribution in [0.15, 0.2) is 29.2 Å². The predicted octanol–water partition coefficient (Wildman–Crippen LogP) is 1.61. The topological polar surface area (TPSA) is 89.3 Å². The Morgan fingerprint density at radius 1 is 1.44 bits per heavy atom. The molecule has 0 bridgehead atoms. The van der Waals surface area contributed by atoms with Crippen LogP contribution < -0.4 is 4.72 Å². The number of sulfonamides is 1. The van der Waals surface area contributed by atoms with Gasteiger partial charge in [0.05, 0.1) is 9.87 Å². The van der Waals surface area contributed by atoms with E-state index in [0.717, 1.165) is 6.07 Å². The van der Waals surface area contributed by atoms with Crippen molar-refractivity contribution in [1.82, 2.24) is 4.72 Å². The lowest BCUT2D eigenvalue weighted by atomic mass is 10.3. The third-order valence-electron chi connectivity index (χ3n) is 1.67. The number of alkyl halides is 1. The van der Waals surface area contributed by atoms with Crippen molar-refractivity contribution in [2.45, 2.75) is 16.8 Å². The molecule has 0 heterocycles. The highest BCUT2D eigenvalue weighted by Crippen LogP contribution is 2.23. The second kappa shape index (κ2) is 4.89. The van der Waals surface area contributed by atoms with Gasteiger partial charge in [0.2, 0.25) is 10.0 Å². The Bertz CT molecular complexity index is 501. The summed E-state index contributed by atoms with van der Waals surface area (Å²) in [4.78, 5) is 9.08. The minimum Gasteiger partial charge on any atom is -0.258 e. The predicted molar refractivity (Wildman–Crippen MR) is 61.8 cm³/mol. The maximum atomic E-state index is 11.7. The van der Waals surface area contributed by atoms with Gasteiger partial charge in [0.1, 0.15) is 0 Å². The van der Waals surface area contributed by atoms with Crippen molar-refractivity contribution in [1.29, 1.82) is 0 Å². The van der Waals surface area contributed by atoms with Gasteiger partial charge in [0, 0.05) is 6.07 Å². The fourth-order valence-electron chi connectivity index (χ4n) is 1.11. The summed E-state index contributed by atoms with van der Waals surface area (Å²) in [6.45, 7) is 1.56. The van der Waals surface area contributed by atoms with E-state index in [1.54, 1.807) is 6.92 Å². The summed E-state index contributed by atoms with van der Waals surface area (Å²) >= 11 is 3.01. The molecule has 6 nitrogen and oxygen atoms in total. The molecular formula is C8H9BrN2O4S. The molecule has 8 heteroatoms. The molecule has 1 aromatic carbocycles. The molecule has 0 fully saturated rings. The van der Waals surface area contributed by atoms with E-state index in [2.05, 4.69) is 20.7 Å². The number of para-hydroxylation sites is 1. The summed E-state index contributed by atoms with van der Waals surface area (Å²) in [7, 11) is -3.87.